The van der Waals surface area contributed by atoms with Gasteiger partial charge in [-0.15, -0.1) is 0 Å². The summed E-state index contributed by atoms with van der Waals surface area (Å²) in [6, 6.07) is 4.84. The van der Waals surface area contributed by atoms with Crippen LogP contribution in [-0.2, 0) is 0 Å². The van der Waals surface area contributed by atoms with E-state index in [0.717, 1.165) is 19.4 Å². The Morgan fingerprint density at radius 1 is 1.52 bits per heavy atom. The molecule has 0 aliphatic carbocycles. The van der Waals surface area contributed by atoms with Gasteiger partial charge in [0.1, 0.15) is 11.3 Å². The van der Waals surface area contributed by atoms with Crippen LogP contribution in [0.15, 0.2) is 18.2 Å². The lowest BCUT2D eigenvalue weighted by atomic mass is 9.98. The average Bonchev–Trinajstić information content (AvgIpc) is 2.42. The van der Waals surface area contributed by atoms with Gasteiger partial charge in [-0.1, -0.05) is 6.07 Å². The van der Waals surface area contributed by atoms with E-state index in [-0.39, 0.29) is 23.0 Å². The Morgan fingerprint density at radius 2 is 2.24 bits per heavy atom. The van der Waals surface area contributed by atoms with Crippen LogP contribution < -0.4 is 5.32 Å². The molecule has 1 aromatic rings. The van der Waals surface area contributed by atoms with Gasteiger partial charge in [-0.05, 0) is 38.9 Å². The van der Waals surface area contributed by atoms with Crippen LogP contribution in [0.1, 0.15) is 30.1 Å². The maximum atomic E-state index is 11.2. The molecule has 2 unspecified atom stereocenters. The number of hydrogen-bond acceptors (Lipinski definition) is 5. The molecule has 0 amide bonds. The van der Waals surface area contributed by atoms with Crippen molar-refractivity contribution in [3.05, 3.63) is 33.9 Å². The standard InChI is InChI=1S/C14H19N3O4/c1-9-8-10(6-7-16(9)2)15-12-5-3-4-11(14(18)19)13(12)17(20)21/h3-5,9-10,15H,6-8H2,1-2H3,(H,18,19). The van der Waals surface area contributed by atoms with E-state index in [1.807, 2.05) is 7.05 Å². The van der Waals surface area contributed by atoms with E-state index in [4.69, 9.17) is 5.11 Å². The number of piperidine rings is 1. The first-order chi connectivity index (χ1) is 9.90. The van der Waals surface area contributed by atoms with Crippen LogP contribution in [0.4, 0.5) is 11.4 Å². The SMILES string of the molecule is CC1CC(Nc2cccc(C(=O)O)c2[N+](=O)[O-])CCN1C. The van der Waals surface area contributed by atoms with Gasteiger partial charge in [-0.2, -0.15) is 0 Å². The van der Waals surface area contributed by atoms with Crippen LogP contribution in [0, 0.1) is 10.1 Å². The second-order valence-electron chi connectivity index (χ2n) is 5.46. The average molecular weight is 293 g/mol. The fraction of sp³-hybridized carbons (Fsp3) is 0.500. The number of anilines is 1. The molecule has 7 nitrogen and oxygen atoms in total. The molecule has 21 heavy (non-hydrogen) atoms. The molecular formula is C14H19N3O4. The van der Waals surface area contributed by atoms with Gasteiger partial charge in [0.25, 0.3) is 0 Å². The Bertz CT molecular complexity index is 561. The topological polar surface area (TPSA) is 95.7 Å². The molecule has 1 aromatic carbocycles. The lowest BCUT2D eigenvalue weighted by molar-refractivity contribution is -0.384. The van der Waals surface area contributed by atoms with Crippen molar-refractivity contribution in [3.63, 3.8) is 0 Å². The Morgan fingerprint density at radius 3 is 2.81 bits per heavy atom. The lowest BCUT2D eigenvalue weighted by Crippen LogP contribution is -2.42. The van der Waals surface area contributed by atoms with Crippen molar-refractivity contribution < 1.29 is 14.8 Å². The van der Waals surface area contributed by atoms with Gasteiger partial charge in [-0.3, -0.25) is 10.1 Å². The molecule has 1 heterocycles. The first-order valence-corrected chi connectivity index (χ1v) is 6.87. The normalized spacial score (nSPS) is 22.8. The van der Waals surface area contributed by atoms with Crippen molar-refractivity contribution in [2.24, 2.45) is 0 Å². The molecule has 114 valence electrons. The number of rotatable bonds is 4. The van der Waals surface area contributed by atoms with Gasteiger partial charge in [0, 0.05) is 18.6 Å². The zero-order chi connectivity index (χ0) is 15.6. The second kappa shape index (κ2) is 6.09. The number of nitro groups is 1. The van der Waals surface area contributed by atoms with Gasteiger partial charge in [0.2, 0.25) is 0 Å². The van der Waals surface area contributed by atoms with Gasteiger partial charge in [0.05, 0.1) is 4.92 Å². The van der Waals surface area contributed by atoms with Gasteiger partial charge in [-0.25, -0.2) is 4.79 Å². The number of hydrogen-bond donors (Lipinski definition) is 2. The molecule has 0 bridgehead atoms. The quantitative estimate of drug-likeness (QED) is 0.652. The largest absolute Gasteiger partial charge is 0.477 e. The van der Waals surface area contributed by atoms with Crippen molar-refractivity contribution in [2.45, 2.75) is 31.8 Å². The number of carbonyl (C=O) groups is 1. The first kappa shape index (κ1) is 15.2. The number of nitrogens with one attached hydrogen (secondary N) is 1. The van der Waals surface area contributed by atoms with Gasteiger partial charge < -0.3 is 15.3 Å². The highest BCUT2D eigenvalue weighted by atomic mass is 16.6. The summed E-state index contributed by atoms with van der Waals surface area (Å²) in [6.45, 7) is 3.02. The molecule has 2 N–H and O–H groups in total. The number of nitrogens with zero attached hydrogens (tertiary/aromatic N) is 2. The molecule has 0 spiro atoms. The summed E-state index contributed by atoms with van der Waals surface area (Å²) in [4.78, 5) is 23.9. The van der Waals surface area contributed by atoms with Crippen LogP contribution in [-0.4, -0.2) is 46.6 Å². The van der Waals surface area contributed by atoms with Crippen LogP contribution in [0.2, 0.25) is 0 Å². The number of carboxylic acid groups (broad SMARTS) is 1. The fourth-order valence-corrected chi connectivity index (χ4v) is 2.67. The molecule has 1 aliphatic heterocycles. The summed E-state index contributed by atoms with van der Waals surface area (Å²) in [7, 11) is 2.05. The highest BCUT2D eigenvalue weighted by Gasteiger charge is 2.28. The summed E-state index contributed by atoms with van der Waals surface area (Å²) in [6.07, 6.45) is 1.74. The number of nitro benzene ring substituents is 1. The predicted octanol–water partition coefficient (Wildman–Crippen LogP) is 2.19. The number of aromatic carboxylic acids is 1. The van der Waals surface area contributed by atoms with E-state index in [2.05, 4.69) is 17.1 Å². The monoisotopic (exact) mass is 293 g/mol. The van der Waals surface area contributed by atoms with E-state index < -0.39 is 10.9 Å². The maximum absolute atomic E-state index is 11.2. The van der Waals surface area contributed by atoms with Crippen LogP contribution >= 0.6 is 0 Å². The van der Waals surface area contributed by atoms with Crippen molar-refractivity contribution in [1.29, 1.82) is 0 Å². The Hall–Kier alpha value is -2.15. The van der Waals surface area contributed by atoms with E-state index in [9.17, 15) is 14.9 Å². The van der Waals surface area contributed by atoms with Crippen molar-refractivity contribution in [3.8, 4) is 0 Å². The minimum absolute atomic E-state index is 0.110. The molecule has 0 aromatic heterocycles. The molecule has 2 rings (SSSR count). The van der Waals surface area contributed by atoms with Gasteiger partial charge >= 0.3 is 11.7 Å². The second-order valence-corrected chi connectivity index (χ2v) is 5.46. The summed E-state index contributed by atoms with van der Waals surface area (Å²) in [5.41, 5.74) is -0.371. The van der Waals surface area contributed by atoms with Crippen LogP contribution in [0.3, 0.4) is 0 Å². The van der Waals surface area contributed by atoms with E-state index in [1.54, 1.807) is 6.07 Å². The number of benzene rings is 1. The van der Waals surface area contributed by atoms with Gasteiger partial charge in [0.15, 0.2) is 0 Å². The molecule has 1 fully saturated rings. The molecule has 7 heteroatoms. The zero-order valence-corrected chi connectivity index (χ0v) is 12.1. The first-order valence-electron chi connectivity index (χ1n) is 6.87. The third-order valence-electron chi connectivity index (χ3n) is 4.02. The molecule has 0 saturated carbocycles. The summed E-state index contributed by atoms with van der Waals surface area (Å²) >= 11 is 0. The molecular weight excluding hydrogens is 274 g/mol. The molecule has 0 radical (unpaired) electrons. The number of likely N-dealkylation sites (tertiary alicyclic amines) is 1. The number of para-hydroxylation sites is 1. The van der Waals surface area contributed by atoms with Crippen LogP contribution in [0.5, 0.6) is 0 Å². The summed E-state index contributed by atoms with van der Waals surface area (Å²) in [5, 5.41) is 23.4. The van der Waals surface area contributed by atoms with E-state index >= 15 is 0 Å². The fourth-order valence-electron chi connectivity index (χ4n) is 2.67. The third kappa shape index (κ3) is 3.30. The zero-order valence-electron chi connectivity index (χ0n) is 12.1. The predicted molar refractivity (Wildman–Crippen MR) is 78.8 cm³/mol. The molecule has 1 saturated heterocycles. The van der Waals surface area contributed by atoms with Crippen molar-refractivity contribution >= 4 is 17.3 Å². The Labute approximate surface area is 122 Å². The minimum Gasteiger partial charge on any atom is -0.477 e. The van der Waals surface area contributed by atoms with Crippen LogP contribution in [0.25, 0.3) is 0 Å². The smallest absolute Gasteiger partial charge is 0.342 e. The highest BCUT2D eigenvalue weighted by Crippen LogP contribution is 2.31. The maximum Gasteiger partial charge on any atom is 0.342 e. The minimum atomic E-state index is -1.29. The van der Waals surface area contributed by atoms with Crippen molar-refractivity contribution in [2.75, 3.05) is 18.9 Å². The summed E-state index contributed by atoms with van der Waals surface area (Å²) < 4.78 is 0. The number of carboxylic acids is 1. The third-order valence-corrected chi connectivity index (χ3v) is 4.02. The Kier molecular flexibility index (Phi) is 4.42. The summed E-state index contributed by atoms with van der Waals surface area (Å²) in [5.74, 6) is -1.29. The Balaban J connectivity index is 2.26. The van der Waals surface area contributed by atoms with E-state index in [1.165, 1.54) is 12.1 Å². The lowest BCUT2D eigenvalue weighted by Gasteiger charge is -2.35. The van der Waals surface area contributed by atoms with E-state index in [0.29, 0.717) is 6.04 Å². The molecule has 2 atom stereocenters. The molecule has 1 aliphatic rings. The van der Waals surface area contributed by atoms with Crippen molar-refractivity contribution in [1.82, 2.24) is 4.90 Å². The highest BCUT2D eigenvalue weighted by molar-refractivity contribution is 5.95.